The van der Waals surface area contributed by atoms with E-state index < -0.39 is 76.6 Å². The van der Waals surface area contributed by atoms with Crippen molar-refractivity contribution in [2.45, 2.75) is 24.6 Å². The Morgan fingerprint density at radius 1 is 0.839 bits per heavy atom. The van der Waals surface area contributed by atoms with Gasteiger partial charge in [0.15, 0.2) is 22.7 Å². The Morgan fingerprint density at radius 2 is 1.42 bits per heavy atom. The van der Waals surface area contributed by atoms with Crippen LogP contribution in [0.4, 0.5) is 0 Å². The highest BCUT2D eigenvalue weighted by Gasteiger charge is 2.40. The summed E-state index contributed by atoms with van der Waals surface area (Å²) in [6.07, 6.45) is -6.27. The summed E-state index contributed by atoms with van der Waals surface area (Å²) in [7, 11) is 0. The molecule has 0 radical (unpaired) electrons. The van der Waals surface area contributed by atoms with Crippen molar-refractivity contribution in [3.8, 4) is 23.0 Å². The molecule has 6 N–H and O–H groups in total. The van der Waals surface area contributed by atoms with Crippen LogP contribution in [0.25, 0.3) is 32.7 Å². The SMILES string of the molecule is O=c1oc2c(O[C@@H]3OC[C@@H](O)[C@H](O)[C@H]3O)c(O)cc3c(=O)oc4c(O)c(O)cc1c4c23. The maximum Gasteiger partial charge on any atom is 0.344 e. The summed E-state index contributed by atoms with van der Waals surface area (Å²) >= 11 is 0. The zero-order chi connectivity index (χ0) is 22.2. The third-order valence-electron chi connectivity index (χ3n) is 5.22. The number of hydrogen-bond donors (Lipinski definition) is 6. The highest BCUT2D eigenvalue weighted by atomic mass is 16.7. The van der Waals surface area contributed by atoms with Crippen LogP contribution in [0, 0.1) is 0 Å². The largest absolute Gasteiger partial charge is 0.504 e. The van der Waals surface area contributed by atoms with Gasteiger partial charge in [0.05, 0.1) is 17.4 Å². The van der Waals surface area contributed by atoms with Gasteiger partial charge in [-0.05, 0) is 12.1 Å². The first-order valence-corrected chi connectivity index (χ1v) is 8.95. The van der Waals surface area contributed by atoms with E-state index in [0.29, 0.717) is 0 Å². The topological polar surface area (TPSA) is 200 Å². The minimum Gasteiger partial charge on any atom is -0.504 e. The van der Waals surface area contributed by atoms with Gasteiger partial charge in [0, 0.05) is 10.8 Å². The third-order valence-corrected chi connectivity index (χ3v) is 5.22. The van der Waals surface area contributed by atoms with E-state index >= 15 is 0 Å². The molecule has 2 aromatic heterocycles. The predicted octanol–water partition coefficient (Wildman–Crippen LogP) is -0.575. The number of phenols is 3. The number of phenolic OH excluding ortho intramolecular Hbond substituents is 3. The van der Waals surface area contributed by atoms with Crippen molar-refractivity contribution in [3.63, 3.8) is 0 Å². The monoisotopic (exact) mass is 434 g/mol. The molecule has 0 bridgehead atoms. The molecule has 12 nitrogen and oxygen atoms in total. The quantitative estimate of drug-likeness (QED) is 0.133. The zero-order valence-corrected chi connectivity index (χ0v) is 15.3. The van der Waals surface area contributed by atoms with Crippen LogP contribution in [0.15, 0.2) is 30.6 Å². The van der Waals surface area contributed by atoms with Gasteiger partial charge in [0.1, 0.15) is 18.3 Å². The average molecular weight is 434 g/mol. The Balaban J connectivity index is 1.82. The van der Waals surface area contributed by atoms with Gasteiger partial charge >= 0.3 is 11.3 Å². The number of aromatic hydroxyl groups is 3. The van der Waals surface area contributed by atoms with E-state index in [9.17, 15) is 40.2 Å². The van der Waals surface area contributed by atoms with Gasteiger partial charge in [0.2, 0.25) is 17.8 Å². The number of aliphatic hydroxyl groups is 3. The minimum atomic E-state index is -1.72. The van der Waals surface area contributed by atoms with E-state index in [0.717, 1.165) is 12.1 Å². The molecule has 5 rings (SSSR count). The first-order valence-electron chi connectivity index (χ1n) is 8.95. The molecule has 4 aromatic rings. The lowest BCUT2D eigenvalue weighted by atomic mass is 10.0. The van der Waals surface area contributed by atoms with Crippen molar-refractivity contribution < 1.29 is 48.9 Å². The molecule has 162 valence electrons. The van der Waals surface area contributed by atoms with Crippen LogP contribution in [-0.4, -0.2) is 61.8 Å². The van der Waals surface area contributed by atoms with Crippen molar-refractivity contribution in [2.75, 3.05) is 6.61 Å². The Bertz CT molecular complexity index is 1450. The second-order valence-electron chi connectivity index (χ2n) is 7.12. The predicted molar refractivity (Wildman–Crippen MR) is 101 cm³/mol. The molecule has 3 heterocycles. The van der Waals surface area contributed by atoms with Gasteiger partial charge in [0.25, 0.3) is 0 Å². The number of ether oxygens (including phenoxy) is 2. The molecule has 0 aliphatic carbocycles. The standard InChI is InChI=1S/C19H14O12/c20-6-1-4-9-10-5(17(26)29-15(9)12(6)24)2-7(21)14(16(10)30-18(4)27)31-19-13(25)11(23)8(22)3-28-19/h1-2,8,11,13,19-25H,3H2/t8-,11+,13-,19+/m1/s1. The van der Waals surface area contributed by atoms with E-state index in [1.165, 1.54) is 0 Å². The van der Waals surface area contributed by atoms with Gasteiger partial charge in [-0.25, -0.2) is 9.59 Å². The summed E-state index contributed by atoms with van der Waals surface area (Å²) in [5.41, 5.74) is -2.93. The van der Waals surface area contributed by atoms with Crippen molar-refractivity contribution in [1.82, 2.24) is 0 Å². The highest BCUT2D eigenvalue weighted by Crippen LogP contribution is 2.45. The molecule has 1 aliphatic heterocycles. The number of hydrogen-bond acceptors (Lipinski definition) is 12. The Morgan fingerprint density at radius 3 is 2.10 bits per heavy atom. The molecule has 12 heteroatoms. The lowest BCUT2D eigenvalue weighted by molar-refractivity contribution is -0.242. The molecule has 0 amide bonds. The van der Waals surface area contributed by atoms with E-state index in [2.05, 4.69) is 0 Å². The van der Waals surface area contributed by atoms with Crippen LogP contribution < -0.4 is 16.0 Å². The van der Waals surface area contributed by atoms with Gasteiger partial charge in [-0.2, -0.15) is 0 Å². The molecule has 0 spiro atoms. The van der Waals surface area contributed by atoms with Crippen molar-refractivity contribution in [3.05, 3.63) is 33.0 Å². The van der Waals surface area contributed by atoms with E-state index in [1.807, 2.05) is 0 Å². The fourth-order valence-corrected chi connectivity index (χ4v) is 3.68. The summed E-state index contributed by atoms with van der Waals surface area (Å²) < 4.78 is 20.9. The maximum absolute atomic E-state index is 12.5. The molecule has 31 heavy (non-hydrogen) atoms. The van der Waals surface area contributed by atoms with Crippen LogP contribution >= 0.6 is 0 Å². The Kier molecular flexibility index (Phi) is 4.04. The van der Waals surface area contributed by atoms with Crippen molar-refractivity contribution >= 4 is 32.7 Å². The molecular formula is C19H14O12. The van der Waals surface area contributed by atoms with Crippen LogP contribution in [0.3, 0.4) is 0 Å². The lowest BCUT2D eigenvalue weighted by Gasteiger charge is -2.35. The zero-order valence-electron chi connectivity index (χ0n) is 15.3. The van der Waals surface area contributed by atoms with E-state index in [4.69, 9.17) is 18.3 Å². The van der Waals surface area contributed by atoms with Crippen LogP contribution in [0.1, 0.15) is 0 Å². The van der Waals surface area contributed by atoms with Gasteiger partial charge in [-0.1, -0.05) is 0 Å². The minimum absolute atomic E-state index is 0.0603. The number of benzene rings is 2. The number of rotatable bonds is 2. The van der Waals surface area contributed by atoms with Crippen molar-refractivity contribution in [1.29, 1.82) is 0 Å². The van der Waals surface area contributed by atoms with Gasteiger partial charge in [-0.3, -0.25) is 0 Å². The molecule has 2 aromatic carbocycles. The van der Waals surface area contributed by atoms with Crippen LogP contribution in [-0.2, 0) is 4.74 Å². The highest BCUT2D eigenvalue weighted by molar-refractivity contribution is 6.22. The maximum atomic E-state index is 12.5. The summed E-state index contributed by atoms with van der Waals surface area (Å²) in [5.74, 6) is -2.67. The third kappa shape index (κ3) is 2.63. The number of aliphatic hydroxyl groups excluding tert-OH is 3. The Labute approximate surface area is 169 Å². The fourth-order valence-electron chi connectivity index (χ4n) is 3.68. The van der Waals surface area contributed by atoms with E-state index in [1.54, 1.807) is 0 Å². The molecule has 0 saturated carbocycles. The first-order chi connectivity index (χ1) is 14.7. The van der Waals surface area contributed by atoms with Crippen LogP contribution in [0.5, 0.6) is 23.0 Å². The van der Waals surface area contributed by atoms with Crippen LogP contribution in [0.2, 0.25) is 0 Å². The summed E-state index contributed by atoms with van der Waals surface area (Å²) in [6, 6.07) is 1.90. The molecule has 0 unspecified atom stereocenters. The summed E-state index contributed by atoms with van der Waals surface area (Å²) in [4.78, 5) is 25.0. The smallest absolute Gasteiger partial charge is 0.344 e. The normalized spacial score (nSPS) is 24.4. The lowest BCUT2D eigenvalue weighted by Crippen LogP contribution is -2.54. The summed E-state index contributed by atoms with van der Waals surface area (Å²) in [5, 5.41) is 59.3. The van der Waals surface area contributed by atoms with Gasteiger partial charge in [-0.15, -0.1) is 0 Å². The van der Waals surface area contributed by atoms with E-state index in [-0.39, 0.29) is 21.5 Å². The second kappa shape index (κ2) is 6.46. The first kappa shape index (κ1) is 19.4. The second-order valence-corrected chi connectivity index (χ2v) is 7.12. The summed E-state index contributed by atoms with van der Waals surface area (Å²) in [6.45, 7) is -0.393. The fraction of sp³-hybridized carbons (Fsp3) is 0.263. The Hall–Kier alpha value is -3.58. The molecule has 1 fully saturated rings. The molecule has 4 atom stereocenters. The van der Waals surface area contributed by atoms with Crippen molar-refractivity contribution in [2.24, 2.45) is 0 Å². The molecular weight excluding hydrogens is 420 g/mol. The molecule has 1 saturated heterocycles. The molecule has 1 aliphatic rings. The average Bonchev–Trinajstić information content (AvgIpc) is 2.73. The van der Waals surface area contributed by atoms with Gasteiger partial charge < -0.3 is 48.9 Å².